The van der Waals surface area contributed by atoms with Crippen molar-refractivity contribution in [1.29, 1.82) is 0 Å². The van der Waals surface area contributed by atoms with E-state index in [1.807, 2.05) is 24.4 Å². The predicted molar refractivity (Wildman–Crippen MR) is 108 cm³/mol. The molecule has 0 aliphatic heterocycles. The molecule has 138 valence electrons. The van der Waals surface area contributed by atoms with Crippen LogP contribution in [-0.2, 0) is 6.54 Å². The third kappa shape index (κ3) is 3.57. The minimum atomic E-state index is 0. The minimum Gasteiger partial charge on any atom is -0.497 e. The van der Waals surface area contributed by atoms with Crippen molar-refractivity contribution in [3.8, 4) is 5.75 Å². The summed E-state index contributed by atoms with van der Waals surface area (Å²) < 4.78 is 5.27. The Morgan fingerprint density at radius 1 is 1.23 bits per heavy atom. The van der Waals surface area contributed by atoms with Gasteiger partial charge in [-0.2, -0.15) is 0 Å². The molecule has 1 N–H and O–H groups in total. The van der Waals surface area contributed by atoms with E-state index in [1.165, 1.54) is 35.0 Å². The van der Waals surface area contributed by atoms with Crippen molar-refractivity contribution in [1.82, 2.24) is 14.9 Å². The first-order valence-electron chi connectivity index (χ1n) is 8.97. The average molecular weight is 372 g/mol. The van der Waals surface area contributed by atoms with Crippen molar-refractivity contribution in [2.24, 2.45) is 0 Å². The summed E-state index contributed by atoms with van der Waals surface area (Å²) in [6.07, 6.45) is 4.44. The van der Waals surface area contributed by atoms with Gasteiger partial charge in [-0.15, -0.1) is 12.4 Å². The Morgan fingerprint density at radius 3 is 2.62 bits per heavy atom. The Hall–Kier alpha value is -2.04. The molecule has 0 amide bonds. The van der Waals surface area contributed by atoms with Gasteiger partial charge in [0, 0.05) is 29.9 Å². The monoisotopic (exact) mass is 371 g/mol. The molecule has 1 saturated carbocycles. The van der Waals surface area contributed by atoms with Crippen LogP contribution in [0.25, 0.3) is 11.0 Å². The number of halogens is 1. The number of pyridine rings is 1. The number of nitrogens with one attached hydrogen (secondary N) is 1. The molecule has 1 aliphatic rings. The zero-order chi connectivity index (χ0) is 17.4. The molecule has 1 fully saturated rings. The van der Waals surface area contributed by atoms with E-state index in [9.17, 15) is 0 Å². The number of benzene rings is 1. The molecule has 2 aromatic heterocycles. The molecule has 2 heterocycles. The molecule has 26 heavy (non-hydrogen) atoms. The van der Waals surface area contributed by atoms with Gasteiger partial charge in [0.25, 0.3) is 0 Å². The molecule has 0 radical (unpaired) electrons. The fourth-order valence-electron chi connectivity index (χ4n) is 3.51. The number of methoxy groups -OCH3 is 1. The second-order valence-corrected chi connectivity index (χ2v) is 7.06. The van der Waals surface area contributed by atoms with Crippen LogP contribution >= 0.6 is 12.4 Å². The molecule has 1 aliphatic carbocycles. The lowest BCUT2D eigenvalue weighted by Crippen LogP contribution is -2.22. The Labute approximate surface area is 161 Å². The van der Waals surface area contributed by atoms with Crippen LogP contribution in [0.3, 0.4) is 0 Å². The van der Waals surface area contributed by atoms with E-state index in [1.54, 1.807) is 7.11 Å². The van der Waals surface area contributed by atoms with Gasteiger partial charge in [0.15, 0.2) is 0 Å². The maximum atomic E-state index is 5.27. The fraction of sp³-hybridized carbons (Fsp3) is 0.381. The van der Waals surface area contributed by atoms with E-state index in [2.05, 4.69) is 47.0 Å². The second-order valence-electron chi connectivity index (χ2n) is 7.06. The van der Waals surface area contributed by atoms with Gasteiger partial charge >= 0.3 is 0 Å². The average Bonchev–Trinajstić information content (AvgIpc) is 3.44. The normalized spacial score (nSPS) is 15.1. The smallest absolute Gasteiger partial charge is 0.137 e. The van der Waals surface area contributed by atoms with Crippen molar-refractivity contribution in [3.63, 3.8) is 0 Å². The molecular weight excluding hydrogens is 346 g/mol. The molecule has 0 spiro atoms. The van der Waals surface area contributed by atoms with E-state index >= 15 is 0 Å². The van der Waals surface area contributed by atoms with Gasteiger partial charge in [0.1, 0.15) is 11.4 Å². The minimum absolute atomic E-state index is 0. The SMILES string of the molecule is COc1ccc(C(C)N(C)Cc2c(C3CC3)[nH]c3ncccc23)cc1.Cl. The molecular formula is C21H26ClN3O. The lowest BCUT2D eigenvalue weighted by molar-refractivity contribution is 0.253. The van der Waals surface area contributed by atoms with Gasteiger partial charge in [0.05, 0.1) is 7.11 Å². The second kappa shape index (κ2) is 7.68. The summed E-state index contributed by atoms with van der Waals surface area (Å²) in [4.78, 5) is 10.5. The van der Waals surface area contributed by atoms with E-state index in [-0.39, 0.29) is 12.4 Å². The highest BCUT2D eigenvalue weighted by Crippen LogP contribution is 2.43. The van der Waals surface area contributed by atoms with Crippen LogP contribution < -0.4 is 4.74 Å². The van der Waals surface area contributed by atoms with Crippen LogP contribution in [0, 0.1) is 0 Å². The van der Waals surface area contributed by atoms with Crippen molar-refractivity contribution in [2.75, 3.05) is 14.2 Å². The highest BCUT2D eigenvalue weighted by molar-refractivity contribution is 5.85. The van der Waals surface area contributed by atoms with Crippen molar-refractivity contribution < 1.29 is 4.74 Å². The molecule has 1 atom stereocenters. The Bertz CT molecular complexity index is 871. The molecule has 1 aromatic carbocycles. The van der Waals surface area contributed by atoms with Crippen LogP contribution in [0.15, 0.2) is 42.6 Å². The Balaban J connectivity index is 0.00000196. The lowest BCUT2D eigenvalue weighted by Gasteiger charge is -2.25. The highest BCUT2D eigenvalue weighted by Gasteiger charge is 2.29. The standard InChI is InChI=1S/C21H25N3O.ClH/c1-14(15-8-10-17(25-3)11-9-15)24(2)13-19-18-5-4-12-22-21(18)23-20(19)16-6-7-16;/h4-5,8-12,14,16H,6-7,13H2,1-3H3,(H,22,23);1H. The van der Waals surface area contributed by atoms with Gasteiger partial charge in [-0.05, 0) is 68.1 Å². The number of aromatic amines is 1. The van der Waals surface area contributed by atoms with Gasteiger partial charge in [-0.1, -0.05) is 12.1 Å². The molecule has 4 rings (SSSR count). The van der Waals surface area contributed by atoms with Crippen molar-refractivity contribution in [2.45, 2.75) is 38.3 Å². The Morgan fingerprint density at radius 2 is 1.96 bits per heavy atom. The summed E-state index contributed by atoms with van der Waals surface area (Å²) in [6.45, 7) is 3.18. The van der Waals surface area contributed by atoms with Gasteiger partial charge < -0.3 is 9.72 Å². The lowest BCUT2D eigenvalue weighted by atomic mass is 10.0. The quantitative estimate of drug-likeness (QED) is 0.658. The van der Waals surface area contributed by atoms with Crippen LogP contribution in [0.2, 0.25) is 0 Å². The van der Waals surface area contributed by atoms with E-state index < -0.39 is 0 Å². The van der Waals surface area contributed by atoms with Gasteiger partial charge in [-0.3, -0.25) is 4.90 Å². The highest BCUT2D eigenvalue weighted by atomic mass is 35.5. The first-order chi connectivity index (χ1) is 12.2. The van der Waals surface area contributed by atoms with Crippen LogP contribution in [0.5, 0.6) is 5.75 Å². The maximum Gasteiger partial charge on any atom is 0.137 e. The number of H-pyrrole nitrogens is 1. The first-order valence-corrected chi connectivity index (χ1v) is 8.97. The topological polar surface area (TPSA) is 41.1 Å². The molecule has 4 nitrogen and oxygen atoms in total. The third-order valence-corrected chi connectivity index (χ3v) is 5.36. The van der Waals surface area contributed by atoms with Crippen molar-refractivity contribution in [3.05, 3.63) is 59.4 Å². The fourth-order valence-corrected chi connectivity index (χ4v) is 3.51. The predicted octanol–water partition coefficient (Wildman–Crippen LogP) is 5.06. The van der Waals surface area contributed by atoms with Gasteiger partial charge in [0.2, 0.25) is 0 Å². The molecule has 0 bridgehead atoms. The van der Waals surface area contributed by atoms with Crippen LogP contribution in [0.1, 0.15) is 48.5 Å². The van der Waals surface area contributed by atoms with Crippen LogP contribution in [-0.4, -0.2) is 29.0 Å². The number of aromatic nitrogens is 2. The maximum absolute atomic E-state index is 5.27. The molecule has 5 heteroatoms. The van der Waals surface area contributed by atoms with Crippen molar-refractivity contribution >= 4 is 23.4 Å². The van der Waals surface area contributed by atoms with Gasteiger partial charge in [-0.25, -0.2) is 4.98 Å². The van der Waals surface area contributed by atoms with E-state index in [4.69, 9.17) is 4.74 Å². The number of fused-ring (bicyclic) bond motifs is 1. The molecule has 1 unspecified atom stereocenters. The van der Waals surface area contributed by atoms with Crippen LogP contribution in [0.4, 0.5) is 0 Å². The molecule has 3 aromatic rings. The number of nitrogens with zero attached hydrogens (tertiary/aromatic N) is 2. The zero-order valence-corrected chi connectivity index (χ0v) is 16.3. The third-order valence-electron chi connectivity index (χ3n) is 5.36. The number of hydrogen-bond donors (Lipinski definition) is 1. The summed E-state index contributed by atoms with van der Waals surface area (Å²) >= 11 is 0. The summed E-state index contributed by atoms with van der Waals surface area (Å²) in [7, 11) is 3.90. The summed E-state index contributed by atoms with van der Waals surface area (Å²) in [6, 6.07) is 12.9. The first kappa shape index (κ1) is 18.7. The summed E-state index contributed by atoms with van der Waals surface area (Å²) in [5.41, 5.74) is 5.12. The van der Waals surface area contributed by atoms with E-state index in [0.717, 1.165) is 17.9 Å². The van der Waals surface area contributed by atoms with E-state index in [0.29, 0.717) is 12.0 Å². The number of rotatable bonds is 6. The molecule has 0 saturated heterocycles. The number of hydrogen-bond acceptors (Lipinski definition) is 3. The summed E-state index contributed by atoms with van der Waals surface area (Å²) in [5, 5.41) is 1.26. The Kier molecular flexibility index (Phi) is 5.54. The summed E-state index contributed by atoms with van der Waals surface area (Å²) in [5.74, 6) is 1.59. The zero-order valence-electron chi connectivity index (χ0n) is 15.5. The largest absolute Gasteiger partial charge is 0.497 e. The number of ether oxygens (including phenoxy) is 1.